The molecule has 2 heterocycles. The molecule has 3 aromatic rings. The van der Waals surface area contributed by atoms with E-state index in [1.807, 2.05) is 32.0 Å². The largest absolute Gasteiger partial charge is 0.360 e. The van der Waals surface area contributed by atoms with Gasteiger partial charge in [-0.05, 0) is 31.5 Å². The molecule has 0 saturated carbocycles. The van der Waals surface area contributed by atoms with E-state index in [2.05, 4.69) is 41.7 Å². The molecule has 112 valence electrons. The fourth-order valence-electron chi connectivity index (χ4n) is 1.87. The molecule has 1 aromatic carbocycles. The Morgan fingerprint density at radius 1 is 0.955 bits per heavy atom. The zero-order chi connectivity index (χ0) is 15.5. The van der Waals surface area contributed by atoms with Gasteiger partial charge >= 0.3 is 0 Å². The van der Waals surface area contributed by atoms with Gasteiger partial charge in [-0.2, -0.15) is 0 Å². The molecule has 0 amide bonds. The molecule has 0 aliphatic rings. The van der Waals surface area contributed by atoms with Crippen molar-refractivity contribution >= 4 is 39.1 Å². The second-order valence-corrected chi connectivity index (χ2v) is 5.68. The summed E-state index contributed by atoms with van der Waals surface area (Å²) < 4.78 is 6.05. The summed E-state index contributed by atoms with van der Waals surface area (Å²) in [5.74, 6) is 2.67. The zero-order valence-electron chi connectivity index (χ0n) is 12.1. The fourth-order valence-corrected chi connectivity index (χ4v) is 2.25. The molecule has 0 fully saturated rings. The van der Waals surface area contributed by atoms with Gasteiger partial charge in [0.1, 0.15) is 23.7 Å². The predicted octanol–water partition coefficient (Wildman–Crippen LogP) is 4.33. The van der Waals surface area contributed by atoms with Crippen molar-refractivity contribution in [3.8, 4) is 0 Å². The Labute approximate surface area is 136 Å². The number of aromatic nitrogens is 3. The van der Waals surface area contributed by atoms with Crippen LogP contribution in [0.25, 0.3) is 0 Å². The van der Waals surface area contributed by atoms with Crippen LogP contribution in [0.15, 0.2) is 45.7 Å². The van der Waals surface area contributed by atoms with Crippen molar-refractivity contribution in [3.05, 3.63) is 52.5 Å². The Morgan fingerprint density at radius 3 is 2.41 bits per heavy atom. The van der Waals surface area contributed by atoms with Gasteiger partial charge in [-0.3, -0.25) is 0 Å². The summed E-state index contributed by atoms with van der Waals surface area (Å²) in [4.78, 5) is 8.38. The Balaban J connectivity index is 1.77. The Hall–Kier alpha value is -2.41. The molecular formula is C15H14BrN5O. The van der Waals surface area contributed by atoms with Gasteiger partial charge in [0.25, 0.3) is 0 Å². The molecule has 0 unspecified atom stereocenters. The summed E-state index contributed by atoms with van der Waals surface area (Å²) in [7, 11) is 0. The smallest absolute Gasteiger partial charge is 0.175 e. The number of benzene rings is 1. The number of anilines is 4. The van der Waals surface area contributed by atoms with Crippen LogP contribution in [0.5, 0.6) is 0 Å². The number of aryl methyl sites for hydroxylation is 2. The average Bonchev–Trinajstić information content (AvgIpc) is 2.89. The van der Waals surface area contributed by atoms with Crippen LogP contribution in [0.1, 0.15) is 11.3 Å². The summed E-state index contributed by atoms with van der Waals surface area (Å²) in [6.45, 7) is 3.88. The summed E-state index contributed by atoms with van der Waals surface area (Å²) in [6.07, 6.45) is 1.49. The van der Waals surface area contributed by atoms with Gasteiger partial charge in [0, 0.05) is 22.3 Å². The lowest BCUT2D eigenvalue weighted by Crippen LogP contribution is -1.98. The number of hydrogen-bond donors (Lipinski definition) is 2. The number of rotatable bonds is 4. The van der Waals surface area contributed by atoms with E-state index in [4.69, 9.17) is 4.52 Å². The molecular weight excluding hydrogens is 346 g/mol. The zero-order valence-corrected chi connectivity index (χ0v) is 13.7. The van der Waals surface area contributed by atoms with Gasteiger partial charge in [-0.1, -0.05) is 27.2 Å². The third-order valence-corrected chi connectivity index (χ3v) is 3.85. The van der Waals surface area contributed by atoms with Gasteiger partial charge in [0.15, 0.2) is 5.82 Å². The average molecular weight is 360 g/mol. The van der Waals surface area contributed by atoms with E-state index in [0.29, 0.717) is 17.5 Å². The van der Waals surface area contributed by atoms with Crippen molar-refractivity contribution in [2.24, 2.45) is 0 Å². The van der Waals surface area contributed by atoms with E-state index in [1.54, 1.807) is 12.1 Å². The number of halogens is 1. The highest BCUT2D eigenvalue weighted by atomic mass is 79.9. The highest BCUT2D eigenvalue weighted by molar-refractivity contribution is 9.10. The molecule has 0 saturated heterocycles. The van der Waals surface area contributed by atoms with Gasteiger partial charge in [0.2, 0.25) is 0 Å². The second-order valence-electron chi connectivity index (χ2n) is 4.83. The molecule has 6 nitrogen and oxygen atoms in total. The molecule has 2 aromatic heterocycles. The van der Waals surface area contributed by atoms with Gasteiger partial charge in [0.05, 0.1) is 0 Å². The molecule has 3 rings (SSSR count). The van der Waals surface area contributed by atoms with E-state index in [1.165, 1.54) is 11.9 Å². The topological polar surface area (TPSA) is 75.9 Å². The van der Waals surface area contributed by atoms with Crippen LogP contribution in [-0.2, 0) is 0 Å². The minimum Gasteiger partial charge on any atom is -0.360 e. The molecule has 22 heavy (non-hydrogen) atoms. The van der Waals surface area contributed by atoms with Crippen molar-refractivity contribution in [2.45, 2.75) is 13.8 Å². The van der Waals surface area contributed by atoms with Crippen LogP contribution in [0.2, 0.25) is 0 Å². The maximum absolute atomic E-state index is 5.01. The summed E-state index contributed by atoms with van der Waals surface area (Å²) >= 11 is 3.52. The first kappa shape index (κ1) is 14.5. The first-order valence-electron chi connectivity index (χ1n) is 6.66. The van der Waals surface area contributed by atoms with Crippen molar-refractivity contribution in [2.75, 3.05) is 10.6 Å². The lowest BCUT2D eigenvalue weighted by molar-refractivity contribution is 0.400. The van der Waals surface area contributed by atoms with Gasteiger partial charge in [-0.25, -0.2) is 9.97 Å². The van der Waals surface area contributed by atoms with Crippen LogP contribution in [0.3, 0.4) is 0 Å². The second kappa shape index (κ2) is 6.15. The third-order valence-electron chi connectivity index (χ3n) is 3.00. The van der Waals surface area contributed by atoms with Crippen molar-refractivity contribution in [1.29, 1.82) is 0 Å². The third kappa shape index (κ3) is 3.43. The lowest BCUT2D eigenvalue weighted by atomic mass is 10.2. The number of hydrogen-bond acceptors (Lipinski definition) is 6. The Morgan fingerprint density at radius 2 is 1.73 bits per heavy atom. The van der Waals surface area contributed by atoms with Crippen molar-refractivity contribution in [1.82, 2.24) is 15.1 Å². The summed E-state index contributed by atoms with van der Waals surface area (Å²) in [5.41, 5.74) is 2.12. The molecule has 0 aliphatic heterocycles. The maximum Gasteiger partial charge on any atom is 0.175 e. The van der Waals surface area contributed by atoms with E-state index in [9.17, 15) is 0 Å². The van der Waals surface area contributed by atoms with Crippen LogP contribution in [-0.4, -0.2) is 15.1 Å². The first-order chi connectivity index (χ1) is 10.6. The first-order valence-corrected chi connectivity index (χ1v) is 7.45. The Bertz CT molecular complexity index is 802. The van der Waals surface area contributed by atoms with E-state index >= 15 is 0 Å². The SMILES string of the molecule is Cc1cc(Nc2cc(Nc3ccc(C)c(Br)c3)ncn2)no1. The Kier molecular flexibility index (Phi) is 4.06. The van der Waals surface area contributed by atoms with Crippen LogP contribution in [0.4, 0.5) is 23.1 Å². The van der Waals surface area contributed by atoms with Crippen molar-refractivity contribution in [3.63, 3.8) is 0 Å². The fraction of sp³-hybridized carbons (Fsp3) is 0.133. The van der Waals surface area contributed by atoms with E-state index < -0.39 is 0 Å². The normalized spacial score (nSPS) is 10.5. The molecule has 0 spiro atoms. The van der Waals surface area contributed by atoms with Crippen LogP contribution < -0.4 is 10.6 Å². The number of nitrogens with one attached hydrogen (secondary N) is 2. The quantitative estimate of drug-likeness (QED) is 0.721. The monoisotopic (exact) mass is 359 g/mol. The summed E-state index contributed by atoms with van der Waals surface area (Å²) in [6, 6.07) is 9.64. The van der Waals surface area contributed by atoms with E-state index in [0.717, 1.165) is 15.9 Å². The minimum atomic E-state index is 0.611. The summed E-state index contributed by atoms with van der Waals surface area (Å²) in [5, 5.41) is 10.2. The van der Waals surface area contributed by atoms with Gasteiger partial charge < -0.3 is 15.2 Å². The lowest BCUT2D eigenvalue weighted by Gasteiger charge is -2.08. The number of nitrogens with zero attached hydrogens (tertiary/aromatic N) is 3. The standard InChI is InChI=1S/C15H14BrN5O/c1-9-3-4-11(6-12(9)16)19-13-7-14(18-8-17-13)20-15-5-10(2)22-21-15/h3-8H,1-2H3,(H2,17,18,19,20,21). The molecule has 2 N–H and O–H groups in total. The maximum atomic E-state index is 5.01. The predicted molar refractivity (Wildman–Crippen MR) is 88.7 cm³/mol. The van der Waals surface area contributed by atoms with Crippen LogP contribution >= 0.6 is 15.9 Å². The van der Waals surface area contributed by atoms with Crippen LogP contribution in [0, 0.1) is 13.8 Å². The molecule has 0 aliphatic carbocycles. The molecule has 0 radical (unpaired) electrons. The molecule has 0 atom stereocenters. The molecule has 0 bridgehead atoms. The molecule has 7 heteroatoms. The van der Waals surface area contributed by atoms with Gasteiger partial charge in [-0.15, -0.1) is 0 Å². The highest BCUT2D eigenvalue weighted by Crippen LogP contribution is 2.24. The van der Waals surface area contributed by atoms with Crippen molar-refractivity contribution < 1.29 is 4.52 Å². The minimum absolute atomic E-state index is 0.611. The van der Waals surface area contributed by atoms with E-state index in [-0.39, 0.29) is 0 Å². The highest BCUT2D eigenvalue weighted by Gasteiger charge is 2.04.